The molecule has 2 N–H and O–H groups in total. The van der Waals surface area contributed by atoms with Crippen LogP contribution >= 0.6 is 0 Å². The minimum absolute atomic E-state index is 0.0511. The molecule has 0 spiro atoms. The van der Waals surface area contributed by atoms with Gasteiger partial charge in [-0.05, 0) is 54.2 Å². The summed E-state index contributed by atoms with van der Waals surface area (Å²) in [4.78, 5) is 23.5. The Morgan fingerprint density at radius 3 is 2.51 bits per heavy atom. The quantitative estimate of drug-likeness (QED) is 0.323. The van der Waals surface area contributed by atoms with Crippen LogP contribution in [0.3, 0.4) is 0 Å². The van der Waals surface area contributed by atoms with Crippen molar-refractivity contribution in [1.82, 2.24) is 25.1 Å². The number of halogens is 3. The number of nitrogens with zero attached hydrogens (tertiary/aromatic N) is 4. The highest BCUT2D eigenvalue weighted by Crippen LogP contribution is 2.37. The molecule has 0 unspecified atom stereocenters. The summed E-state index contributed by atoms with van der Waals surface area (Å²) in [5.41, 5.74) is 5.39. The number of rotatable bonds is 5. The van der Waals surface area contributed by atoms with Crippen molar-refractivity contribution in [1.29, 1.82) is 0 Å². The fraction of sp³-hybridized carbons (Fsp3) is 0.310. The molecule has 1 aliphatic carbocycles. The first-order valence-corrected chi connectivity index (χ1v) is 13.0. The van der Waals surface area contributed by atoms with Crippen LogP contribution < -0.4 is 5.32 Å². The van der Waals surface area contributed by atoms with E-state index >= 15 is 0 Å². The van der Waals surface area contributed by atoms with Crippen LogP contribution in [0.4, 0.5) is 24.7 Å². The number of aromatic amines is 1. The summed E-state index contributed by atoms with van der Waals surface area (Å²) in [6.07, 6.45) is 5.33. The first-order valence-electron chi connectivity index (χ1n) is 13.0. The van der Waals surface area contributed by atoms with Gasteiger partial charge in [0.25, 0.3) is 0 Å². The average molecular weight is 533 g/mol. The standard InChI is InChI=1S/C29H27F3N6O/c30-25-16-33-26(37-27(25)36-24-5-3-18(4-6-24)23-14-34-35-15-23)21-2-1-19-9-12-38(17-22(19)13-21)28(39)20-7-10-29(31,32)11-8-20/h1-6,13-16,20H,7-12,17H2,(H,34,35)(H,33,36,37). The van der Waals surface area contributed by atoms with Crippen LogP contribution in [0.2, 0.25) is 0 Å². The molecule has 6 rings (SSSR count). The van der Waals surface area contributed by atoms with E-state index < -0.39 is 11.7 Å². The Kier molecular flexibility index (Phi) is 6.54. The molecule has 2 aliphatic rings. The van der Waals surface area contributed by atoms with Crippen molar-refractivity contribution in [3.8, 4) is 22.5 Å². The van der Waals surface area contributed by atoms with Gasteiger partial charge in [0, 0.05) is 54.9 Å². The average Bonchev–Trinajstić information content (AvgIpc) is 3.49. The maximum absolute atomic E-state index is 14.6. The predicted molar refractivity (Wildman–Crippen MR) is 141 cm³/mol. The van der Waals surface area contributed by atoms with Crippen molar-refractivity contribution >= 4 is 17.4 Å². The molecule has 1 saturated carbocycles. The summed E-state index contributed by atoms with van der Waals surface area (Å²) in [7, 11) is 0. The molecule has 3 heterocycles. The minimum atomic E-state index is -2.66. The third-order valence-corrected chi connectivity index (χ3v) is 7.58. The van der Waals surface area contributed by atoms with E-state index in [1.165, 1.54) is 0 Å². The van der Waals surface area contributed by atoms with Crippen LogP contribution in [-0.2, 0) is 17.8 Å². The molecule has 1 fully saturated rings. The van der Waals surface area contributed by atoms with Gasteiger partial charge in [-0.2, -0.15) is 5.10 Å². The van der Waals surface area contributed by atoms with Gasteiger partial charge in [-0.3, -0.25) is 9.89 Å². The van der Waals surface area contributed by atoms with Gasteiger partial charge in [0.1, 0.15) is 0 Å². The zero-order valence-corrected chi connectivity index (χ0v) is 21.1. The summed E-state index contributed by atoms with van der Waals surface area (Å²) < 4.78 is 41.7. The number of aromatic nitrogens is 4. The molecule has 0 bridgehead atoms. The third kappa shape index (κ3) is 5.36. The fourth-order valence-corrected chi connectivity index (χ4v) is 5.31. The Morgan fingerprint density at radius 2 is 1.77 bits per heavy atom. The summed E-state index contributed by atoms with van der Waals surface area (Å²) in [6.45, 7) is 0.975. The molecule has 4 aromatic rings. The number of alkyl halides is 2. The Labute approximate surface area is 223 Å². The molecule has 1 aliphatic heterocycles. The first kappa shape index (κ1) is 25.1. The van der Waals surface area contributed by atoms with Crippen LogP contribution in [0, 0.1) is 11.7 Å². The van der Waals surface area contributed by atoms with Crippen molar-refractivity contribution in [3.05, 3.63) is 78.0 Å². The van der Waals surface area contributed by atoms with Crippen molar-refractivity contribution in [3.63, 3.8) is 0 Å². The Hall–Kier alpha value is -4.21. The van der Waals surface area contributed by atoms with Crippen molar-refractivity contribution in [2.45, 2.75) is 44.6 Å². The van der Waals surface area contributed by atoms with Crippen molar-refractivity contribution in [2.75, 3.05) is 11.9 Å². The molecule has 2 aromatic heterocycles. The van der Waals surface area contributed by atoms with E-state index in [0.29, 0.717) is 36.6 Å². The van der Waals surface area contributed by atoms with Crippen LogP contribution in [0.1, 0.15) is 36.8 Å². The van der Waals surface area contributed by atoms with E-state index in [0.717, 1.165) is 28.5 Å². The van der Waals surface area contributed by atoms with Crippen molar-refractivity contribution < 1.29 is 18.0 Å². The van der Waals surface area contributed by atoms with E-state index in [1.807, 2.05) is 42.5 Å². The largest absolute Gasteiger partial charge is 0.338 e. The van der Waals surface area contributed by atoms with E-state index in [-0.39, 0.29) is 43.3 Å². The number of anilines is 2. The third-order valence-electron chi connectivity index (χ3n) is 7.58. The zero-order chi connectivity index (χ0) is 27.0. The number of carbonyl (C=O) groups is 1. The topological polar surface area (TPSA) is 86.8 Å². The number of fused-ring (bicyclic) bond motifs is 1. The lowest BCUT2D eigenvalue weighted by Crippen LogP contribution is -2.42. The van der Waals surface area contributed by atoms with Gasteiger partial charge in [0.2, 0.25) is 11.8 Å². The Balaban J connectivity index is 1.18. The van der Waals surface area contributed by atoms with Gasteiger partial charge in [0.15, 0.2) is 17.5 Å². The van der Waals surface area contributed by atoms with Crippen molar-refractivity contribution in [2.24, 2.45) is 5.92 Å². The number of amides is 1. The first-order chi connectivity index (χ1) is 18.8. The number of hydrogen-bond donors (Lipinski definition) is 2. The molecular formula is C29H27F3N6O. The normalized spacial score (nSPS) is 17.1. The monoisotopic (exact) mass is 532 g/mol. The van der Waals surface area contributed by atoms with E-state index in [1.54, 1.807) is 17.3 Å². The maximum Gasteiger partial charge on any atom is 0.248 e. The van der Waals surface area contributed by atoms with E-state index in [9.17, 15) is 18.0 Å². The van der Waals surface area contributed by atoms with Crippen LogP contribution in [0.5, 0.6) is 0 Å². The molecular weight excluding hydrogens is 505 g/mol. The number of H-pyrrole nitrogens is 1. The smallest absolute Gasteiger partial charge is 0.248 e. The lowest BCUT2D eigenvalue weighted by atomic mass is 9.85. The summed E-state index contributed by atoms with van der Waals surface area (Å²) in [6, 6.07) is 13.3. The van der Waals surface area contributed by atoms with Crippen LogP contribution in [0.25, 0.3) is 22.5 Å². The van der Waals surface area contributed by atoms with Gasteiger partial charge in [-0.1, -0.05) is 24.3 Å². The van der Waals surface area contributed by atoms with Crippen LogP contribution in [-0.4, -0.2) is 43.4 Å². The lowest BCUT2D eigenvalue weighted by Gasteiger charge is -2.34. The second kappa shape index (κ2) is 10.2. The van der Waals surface area contributed by atoms with Gasteiger partial charge in [0.05, 0.1) is 12.4 Å². The highest BCUT2D eigenvalue weighted by Gasteiger charge is 2.39. The SMILES string of the molecule is O=C(C1CCC(F)(F)CC1)N1CCc2ccc(-c3ncc(F)c(Nc4ccc(-c5cn[nH]c5)cc4)n3)cc2C1. The molecule has 39 heavy (non-hydrogen) atoms. The number of benzene rings is 2. The molecule has 0 atom stereocenters. The predicted octanol–water partition coefficient (Wildman–Crippen LogP) is 6.13. The number of hydrogen-bond acceptors (Lipinski definition) is 5. The van der Waals surface area contributed by atoms with Gasteiger partial charge >= 0.3 is 0 Å². The fourth-order valence-electron chi connectivity index (χ4n) is 5.31. The molecule has 10 heteroatoms. The zero-order valence-electron chi connectivity index (χ0n) is 21.1. The number of nitrogens with one attached hydrogen (secondary N) is 2. The molecule has 0 radical (unpaired) electrons. The van der Waals surface area contributed by atoms with Gasteiger partial charge in [-0.25, -0.2) is 23.1 Å². The van der Waals surface area contributed by atoms with Gasteiger partial charge < -0.3 is 10.2 Å². The van der Waals surface area contributed by atoms with Gasteiger partial charge in [-0.15, -0.1) is 0 Å². The molecule has 1 amide bonds. The molecule has 7 nitrogen and oxygen atoms in total. The maximum atomic E-state index is 14.6. The highest BCUT2D eigenvalue weighted by atomic mass is 19.3. The molecule has 2 aromatic carbocycles. The second-order valence-electron chi connectivity index (χ2n) is 10.2. The molecule has 0 saturated heterocycles. The Morgan fingerprint density at radius 1 is 1.00 bits per heavy atom. The summed E-state index contributed by atoms with van der Waals surface area (Å²) in [5.74, 6) is -3.23. The van der Waals surface area contributed by atoms with E-state index in [4.69, 9.17) is 0 Å². The summed E-state index contributed by atoms with van der Waals surface area (Å²) >= 11 is 0. The summed E-state index contributed by atoms with van der Waals surface area (Å²) in [5, 5.41) is 9.76. The lowest BCUT2D eigenvalue weighted by molar-refractivity contribution is -0.140. The Bertz CT molecular complexity index is 1480. The van der Waals surface area contributed by atoms with Crippen LogP contribution in [0.15, 0.2) is 61.1 Å². The molecule has 200 valence electrons. The second-order valence-corrected chi connectivity index (χ2v) is 10.2. The minimum Gasteiger partial charge on any atom is -0.338 e. The number of carbonyl (C=O) groups excluding carboxylic acids is 1. The highest BCUT2D eigenvalue weighted by molar-refractivity contribution is 5.79. The van der Waals surface area contributed by atoms with E-state index in [2.05, 4.69) is 25.5 Å².